The van der Waals surface area contributed by atoms with Crippen LogP contribution in [0.3, 0.4) is 0 Å². The number of amides is 2. The fourth-order valence-electron chi connectivity index (χ4n) is 3.81. The lowest BCUT2D eigenvalue weighted by molar-refractivity contribution is -0.798. The van der Waals surface area contributed by atoms with E-state index >= 15 is 0 Å². The Morgan fingerprint density at radius 3 is 2.13 bits per heavy atom. The molecule has 0 spiro atoms. The predicted molar refractivity (Wildman–Crippen MR) is 116 cm³/mol. The van der Waals surface area contributed by atoms with Crippen molar-refractivity contribution < 1.29 is 33.1 Å². The number of likely N-dealkylation sites (tertiary alicyclic amines) is 1. The molecule has 7 heteroatoms. The van der Waals surface area contributed by atoms with Gasteiger partial charge in [0.05, 0.1) is 5.41 Å². The van der Waals surface area contributed by atoms with E-state index in [4.69, 9.17) is 14.2 Å². The van der Waals surface area contributed by atoms with Crippen LogP contribution < -0.4 is 0 Å². The number of imide groups is 1. The Morgan fingerprint density at radius 2 is 1.58 bits per heavy atom. The molecule has 7 nitrogen and oxygen atoms in total. The number of nitrogens with zero attached hydrogens (tertiary/aromatic N) is 1. The third-order valence-electron chi connectivity index (χ3n) is 5.37. The van der Waals surface area contributed by atoms with Crippen LogP contribution in [-0.2, 0) is 25.4 Å². The van der Waals surface area contributed by atoms with Crippen LogP contribution in [0.4, 0.5) is 9.59 Å². The Bertz CT molecular complexity index is 793. The minimum absolute atomic E-state index is 0.106. The summed E-state index contributed by atoms with van der Waals surface area (Å²) >= 11 is 0. The zero-order valence-electron chi connectivity index (χ0n) is 19.8. The zero-order chi connectivity index (χ0) is 23.4. The number of hydrogen-bond donors (Lipinski definition) is 0. The highest BCUT2D eigenvalue weighted by Crippen LogP contribution is 2.36. The third-order valence-corrected chi connectivity index (χ3v) is 5.37. The van der Waals surface area contributed by atoms with Crippen molar-refractivity contribution in [3.63, 3.8) is 0 Å². The molecule has 1 aliphatic rings. The molecule has 1 aliphatic heterocycles. The van der Waals surface area contributed by atoms with Crippen molar-refractivity contribution >= 4 is 18.2 Å². The summed E-state index contributed by atoms with van der Waals surface area (Å²) in [6.45, 7) is 12.0. The Kier molecular flexibility index (Phi) is 7.53. The van der Waals surface area contributed by atoms with E-state index in [0.29, 0.717) is 6.42 Å². The van der Waals surface area contributed by atoms with Crippen LogP contribution in [0.1, 0.15) is 60.5 Å². The summed E-state index contributed by atoms with van der Waals surface area (Å²) in [7, 11) is 0. The molecule has 172 valence electrons. The summed E-state index contributed by atoms with van der Waals surface area (Å²) in [6.07, 6.45) is 0.0346. The van der Waals surface area contributed by atoms with Gasteiger partial charge in [0, 0.05) is 12.3 Å². The summed E-state index contributed by atoms with van der Waals surface area (Å²) in [6, 6.07) is 9.65. The molecule has 2 amide bonds. The number of carbonyl (C=O) groups is 3. The van der Waals surface area contributed by atoms with Crippen molar-refractivity contribution in [1.29, 1.82) is 0 Å². The van der Waals surface area contributed by atoms with Crippen LogP contribution in [0.25, 0.3) is 0 Å². The van der Waals surface area contributed by atoms with Gasteiger partial charge in [0.1, 0.15) is 18.2 Å². The molecule has 31 heavy (non-hydrogen) atoms. The van der Waals surface area contributed by atoms with Crippen molar-refractivity contribution in [2.75, 3.05) is 13.3 Å². The highest BCUT2D eigenvalue weighted by atomic mass is 16.7. The zero-order valence-corrected chi connectivity index (χ0v) is 19.8. The second-order valence-electron chi connectivity index (χ2n) is 10.4. The molecule has 1 saturated heterocycles. The van der Waals surface area contributed by atoms with E-state index in [1.54, 1.807) is 41.5 Å². The number of carbonyl (C=O) groups excluding carboxylic acids is 3. The van der Waals surface area contributed by atoms with Gasteiger partial charge in [-0.3, -0.25) is 4.79 Å². The van der Waals surface area contributed by atoms with E-state index in [1.807, 2.05) is 37.3 Å². The van der Waals surface area contributed by atoms with Crippen molar-refractivity contribution in [2.24, 2.45) is 11.3 Å². The summed E-state index contributed by atoms with van der Waals surface area (Å²) < 4.78 is 15.4. The Balaban J connectivity index is 2.20. The van der Waals surface area contributed by atoms with Gasteiger partial charge in [-0.2, -0.15) is 9.59 Å². The number of benzene rings is 1. The van der Waals surface area contributed by atoms with Gasteiger partial charge in [-0.05, 0) is 60.5 Å². The molecule has 0 bridgehead atoms. The molecule has 0 saturated carbocycles. The number of quaternary nitrogens is 1. The molecule has 0 aliphatic carbocycles. The highest BCUT2D eigenvalue weighted by Gasteiger charge is 2.59. The van der Waals surface area contributed by atoms with Gasteiger partial charge in [0.2, 0.25) is 6.79 Å². The van der Waals surface area contributed by atoms with E-state index in [0.717, 1.165) is 12.0 Å². The average Bonchev–Trinajstić information content (AvgIpc) is 2.97. The minimum atomic E-state index is -0.751. The largest absolute Gasteiger partial charge is 0.529 e. The summed E-state index contributed by atoms with van der Waals surface area (Å²) in [5.74, 6) is -0.380. The Morgan fingerprint density at radius 1 is 0.968 bits per heavy atom. The lowest BCUT2D eigenvalue weighted by atomic mass is 9.97. The number of rotatable bonds is 4. The van der Waals surface area contributed by atoms with Crippen molar-refractivity contribution in [3.8, 4) is 0 Å². The second-order valence-corrected chi connectivity index (χ2v) is 10.4. The molecule has 0 N–H and O–H groups in total. The van der Waals surface area contributed by atoms with Gasteiger partial charge in [-0.15, -0.1) is 4.48 Å². The minimum Gasteiger partial charge on any atom is -0.427 e. The summed E-state index contributed by atoms with van der Waals surface area (Å²) in [5.41, 5.74) is -0.319. The van der Waals surface area contributed by atoms with Crippen LogP contribution in [-0.4, -0.2) is 47.6 Å². The summed E-state index contributed by atoms with van der Waals surface area (Å²) in [4.78, 5) is 38.4. The first-order valence-corrected chi connectivity index (χ1v) is 10.8. The molecule has 1 heterocycles. The van der Waals surface area contributed by atoms with Gasteiger partial charge >= 0.3 is 18.2 Å². The first-order chi connectivity index (χ1) is 14.3. The first-order valence-electron chi connectivity index (χ1n) is 10.8. The molecule has 1 aromatic rings. The standard InChI is InChI=1S/C24H36NO6/c1-17-13-19(14-18-11-9-8-10-12-18)15-25(17,22(28)31-24(5,6)7)21(27)30-16-29-20(26)23(2,3)4/h8-12,17,19H,13-16H2,1-7H3/q+1/t17-,19+,25+/m1/s1. The van der Waals surface area contributed by atoms with Crippen LogP contribution >= 0.6 is 0 Å². The van der Waals surface area contributed by atoms with Crippen molar-refractivity contribution in [2.45, 2.75) is 73.0 Å². The van der Waals surface area contributed by atoms with Gasteiger partial charge in [0.25, 0.3) is 0 Å². The van der Waals surface area contributed by atoms with Crippen LogP contribution in [0.15, 0.2) is 30.3 Å². The molecule has 3 atom stereocenters. The van der Waals surface area contributed by atoms with E-state index < -0.39 is 40.4 Å². The molecular weight excluding hydrogens is 398 g/mol. The van der Waals surface area contributed by atoms with E-state index in [-0.39, 0.29) is 18.5 Å². The maximum absolute atomic E-state index is 13.2. The van der Waals surface area contributed by atoms with Crippen molar-refractivity contribution in [1.82, 2.24) is 0 Å². The SMILES string of the molecule is C[C@@H]1C[C@@H](Cc2ccccc2)C[N@+]1(C(=O)OCOC(=O)C(C)(C)C)C(=O)OC(C)(C)C. The average molecular weight is 435 g/mol. The van der Waals surface area contributed by atoms with Gasteiger partial charge < -0.3 is 14.2 Å². The Hall–Kier alpha value is -2.41. The number of ether oxygens (including phenoxy) is 3. The molecule has 1 aromatic carbocycles. The maximum atomic E-state index is 13.2. The highest BCUT2D eigenvalue weighted by molar-refractivity contribution is 5.78. The lowest BCUT2D eigenvalue weighted by Crippen LogP contribution is -2.61. The van der Waals surface area contributed by atoms with E-state index in [1.165, 1.54) is 0 Å². The topological polar surface area (TPSA) is 78.9 Å². The predicted octanol–water partition coefficient (Wildman–Crippen LogP) is 5.07. The van der Waals surface area contributed by atoms with Crippen LogP contribution in [0.5, 0.6) is 0 Å². The normalized spacial score (nSPS) is 23.8. The maximum Gasteiger partial charge on any atom is 0.529 e. The van der Waals surface area contributed by atoms with Crippen LogP contribution in [0, 0.1) is 11.3 Å². The quantitative estimate of drug-likeness (QED) is 0.374. The number of esters is 1. The summed E-state index contributed by atoms with van der Waals surface area (Å²) in [5, 5.41) is 0. The lowest BCUT2D eigenvalue weighted by Gasteiger charge is -2.32. The van der Waals surface area contributed by atoms with Crippen molar-refractivity contribution in [3.05, 3.63) is 35.9 Å². The fourth-order valence-corrected chi connectivity index (χ4v) is 3.81. The smallest absolute Gasteiger partial charge is 0.427 e. The van der Waals surface area contributed by atoms with Crippen LogP contribution in [0.2, 0.25) is 0 Å². The van der Waals surface area contributed by atoms with Gasteiger partial charge in [-0.25, -0.2) is 0 Å². The van der Waals surface area contributed by atoms with E-state index in [9.17, 15) is 14.4 Å². The molecule has 0 radical (unpaired) electrons. The molecule has 0 aromatic heterocycles. The fraction of sp³-hybridized carbons (Fsp3) is 0.625. The second kappa shape index (κ2) is 9.39. The molecule has 2 rings (SSSR count). The molecule has 1 fully saturated rings. The Labute approximate surface area is 185 Å². The monoisotopic (exact) mass is 434 g/mol. The third kappa shape index (κ3) is 6.29. The molecular formula is C24H36NO6+. The van der Waals surface area contributed by atoms with E-state index in [2.05, 4.69) is 0 Å². The van der Waals surface area contributed by atoms with Gasteiger partial charge in [0.15, 0.2) is 0 Å². The van der Waals surface area contributed by atoms with Gasteiger partial charge in [-0.1, -0.05) is 30.3 Å². The number of hydrogen-bond acceptors (Lipinski definition) is 6. The molecule has 0 unspecified atom stereocenters. The first kappa shape index (κ1) is 24.9.